The molecule has 0 aliphatic heterocycles. The van der Waals surface area contributed by atoms with Gasteiger partial charge in [-0.3, -0.25) is 13.6 Å². The number of thiazole rings is 1. The zero-order valence-corrected chi connectivity index (χ0v) is 21.6. The van der Waals surface area contributed by atoms with Gasteiger partial charge in [-0.25, -0.2) is 9.37 Å². The average Bonchev–Trinajstić information content (AvgIpc) is 3.42. The third-order valence-corrected chi connectivity index (χ3v) is 7.00. The van der Waals surface area contributed by atoms with Crippen molar-refractivity contribution in [3.63, 3.8) is 0 Å². The standard InChI is InChI=1S/C26H27FN4O2S2/c1-15(2)17-9-18(11-19(27)10-17)22-14-34-26(29-22)30-24(32)12-28-25(33)21-13-31(35-16(3)4)23-8-6-5-7-20(21)23/h5-11,13-16H,12H2,1-4H3,(H,28,33)(H,29,30,32). The Kier molecular flexibility index (Phi) is 7.57. The Bertz CT molecular complexity index is 1380. The van der Waals surface area contributed by atoms with Gasteiger partial charge >= 0.3 is 0 Å². The van der Waals surface area contributed by atoms with Crippen molar-refractivity contribution in [3.05, 3.63) is 71.0 Å². The highest BCUT2D eigenvalue weighted by Gasteiger charge is 2.17. The fourth-order valence-corrected chi connectivity index (χ4v) is 5.25. The van der Waals surface area contributed by atoms with E-state index in [2.05, 4.69) is 29.5 Å². The summed E-state index contributed by atoms with van der Waals surface area (Å²) in [6, 6.07) is 12.5. The molecule has 9 heteroatoms. The van der Waals surface area contributed by atoms with Crippen LogP contribution in [0.4, 0.5) is 9.52 Å². The van der Waals surface area contributed by atoms with Crippen LogP contribution in [0.25, 0.3) is 22.2 Å². The number of halogens is 1. The summed E-state index contributed by atoms with van der Waals surface area (Å²) in [4.78, 5) is 29.8. The van der Waals surface area contributed by atoms with E-state index < -0.39 is 0 Å². The van der Waals surface area contributed by atoms with E-state index in [1.54, 1.807) is 23.5 Å². The molecule has 2 heterocycles. The molecule has 4 rings (SSSR count). The molecule has 2 N–H and O–H groups in total. The van der Waals surface area contributed by atoms with Crippen molar-refractivity contribution in [1.29, 1.82) is 0 Å². The quantitative estimate of drug-likeness (QED) is 0.292. The Balaban J connectivity index is 1.41. The lowest BCUT2D eigenvalue weighted by atomic mass is 10.00. The van der Waals surface area contributed by atoms with Gasteiger partial charge in [0, 0.05) is 27.8 Å². The molecule has 2 aromatic heterocycles. The highest BCUT2D eigenvalue weighted by molar-refractivity contribution is 7.98. The van der Waals surface area contributed by atoms with E-state index in [4.69, 9.17) is 0 Å². The number of nitrogens with zero attached hydrogens (tertiary/aromatic N) is 2. The molecular formula is C26H27FN4O2S2. The van der Waals surface area contributed by atoms with Gasteiger partial charge in [-0.05, 0) is 47.7 Å². The lowest BCUT2D eigenvalue weighted by molar-refractivity contribution is -0.115. The molecule has 0 aliphatic rings. The number of fused-ring (bicyclic) bond motifs is 1. The average molecular weight is 511 g/mol. The van der Waals surface area contributed by atoms with Crippen molar-refractivity contribution >= 4 is 51.1 Å². The predicted molar refractivity (Wildman–Crippen MR) is 143 cm³/mol. The number of aromatic nitrogens is 2. The number of amides is 2. The van der Waals surface area contributed by atoms with E-state index in [1.165, 1.54) is 23.5 Å². The predicted octanol–water partition coefficient (Wildman–Crippen LogP) is 6.30. The first-order valence-corrected chi connectivity index (χ1v) is 13.0. The van der Waals surface area contributed by atoms with Crippen LogP contribution in [0.15, 0.2) is 54.0 Å². The maximum atomic E-state index is 14.0. The molecule has 4 aromatic rings. The molecule has 0 saturated carbocycles. The largest absolute Gasteiger partial charge is 0.343 e. The van der Waals surface area contributed by atoms with Gasteiger partial charge in [-0.1, -0.05) is 45.9 Å². The van der Waals surface area contributed by atoms with Crippen molar-refractivity contribution < 1.29 is 14.0 Å². The molecule has 0 unspecified atom stereocenters. The van der Waals surface area contributed by atoms with E-state index in [0.29, 0.717) is 27.2 Å². The third-order valence-electron chi connectivity index (χ3n) is 5.29. The van der Waals surface area contributed by atoms with Gasteiger partial charge in [-0.2, -0.15) is 0 Å². The number of para-hydroxylation sites is 1. The van der Waals surface area contributed by atoms with Crippen molar-refractivity contribution in [2.24, 2.45) is 0 Å². The Labute approximate surface area is 212 Å². The molecule has 0 radical (unpaired) electrons. The van der Waals surface area contributed by atoms with Gasteiger partial charge in [-0.15, -0.1) is 11.3 Å². The fourth-order valence-electron chi connectivity index (χ4n) is 3.62. The summed E-state index contributed by atoms with van der Waals surface area (Å²) in [7, 11) is 0. The van der Waals surface area contributed by atoms with Gasteiger partial charge in [0.2, 0.25) is 5.91 Å². The van der Waals surface area contributed by atoms with Crippen LogP contribution in [0, 0.1) is 5.82 Å². The smallest absolute Gasteiger partial charge is 0.253 e. The molecule has 0 saturated heterocycles. The first kappa shape index (κ1) is 24.9. The van der Waals surface area contributed by atoms with Gasteiger partial charge in [0.15, 0.2) is 5.13 Å². The topological polar surface area (TPSA) is 76.0 Å². The Morgan fingerprint density at radius 3 is 2.66 bits per heavy atom. The molecule has 2 amide bonds. The van der Waals surface area contributed by atoms with Crippen LogP contribution in [-0.4, -0.2) is 32.6 Å². The van der Waals surface area contributed by atoms with Crippen molar-refractivity contribution in [3.8, 4) is 11.3 Å². The fraction of sp³-hybridized carbons (Fsp3) is 0.269. The number of benzene rings is 2. The van der Waals surface area contributed by atoms with Gasteiger partial charge < -0.3 is 10.6 Å². The Morgan fingerprint density at radius 1 is 1.14 bits per heavy atom. The summed E-state index contributed by atoms with van der Waals surface area (Å²) in [5.41, 5.74) is 3.61. The summed E-state index contributed by atoms with van der Waals surface area (Å²) >= 11 is 2.87. The second-order valence-electron chi connectivity index (χ2n) is 8.74. The molecule has 0 aliphatic carbocycles. The minimum absolute atomic E-state index is 0.184. The van der Waals surface area contributed by atoms with E-state index in [0.717, 1.165) is 16.5 Å². The van der Waals surface area contributed by atoms with Crippen LogP contribution in [0.1, 0.15) is 49.5 Å². The summed E-state index contributed by atoms with van der Waals surface area (Å²) in [5, 5.41) is 8.75. The second-order valence-corrected chi connectivity index (χ2v) is 11.1. The van der Waals surface area contributed by atoms with E-state index in [9.17, 15) is 14.0 Å². The molecule has 35 heavy (non-hydrogen) atoms. The number of carbonyl (C=O) groups excluding carboxylic acids is 2. The normalized spacial score (nSPS) is 11.4. The summed E-state index contributed by atoms with van der Waals surface area (Å²) in [6.45, 7) is 7.99. The van der Waals surface area contributed by atoms with Crippen LogP contribution in [0.5, 0.6) is 0 Å². The van der Waals surface area contributed by atoms with E-state index >= 15 is 0 Å². The SMILES string of the molecule is CC(C)Sn1cc(C(=O)NCC(=O)Nc2nc(-c3cc(F)cc(C(C)C)c3)cs2)c2ccccc21. The molecule has 0 bridgehead atoms. The summed E-state index contributed by atoms with van der Waals surface area (Å²) < 4.78 is 16.0. The highest BCUT2D eigenvalue weighted by Crippen LogP contribution is 2.29. The van der Waals surface area contributed by atoms with Crippen LogP contribution in [-0.2, 0) is 4.79 Å². The van der Waals surface area contributed by atoms with Crippen LogP contribution in [0.2, 0.25) is 0 Å². The third kappa shape index (κ3) is 5.91. The van der Waals surface area contributed by atoms with Gasteiger partial charge in [0.25, 0.3) is 5.91 Å². The first-order valence-electron chi connectivity index (χ1n) is 11.3. The molecule has 0 spiro atoms. The number of carbonyl (C=O) groups is 2. The van der Waals surface area contributed by atoms with E-state index in [-0.39, 0.29) is 30.1 Å². The zero-order chi connectivity index (χ0) is 25.1. The number of rotatable bonds is 8. The van der Waals surface area contributed by atoms with Crippen LogP contribution < -0.4 is 10.6 Å². The maximum absolute atomic E-state index is 14.0. The van der Waals surface area contributed by atoms with Crippen LogP contribution >= 0.6 is 23.3 Å². The summed E-state index contributed by atoms with van der Waals surface area (Å²) in [6.07, 6.45) is 1.81. The van der Waals surface area contributed by atoms with Crippen molar-refractivity contribution in [2.75, 3.05) is 11.9 Å². The lowest BCUT2D eigenvalue weighted by Gasteiger charge is -2.07. The molecule has 0 atom stereocenters. The van der Waals surface area contributed by atoms with Gasteiger partial charge in [0.1, 0.15) is 5.82 Å². The minimum atomic E-state index is -0.387. The number of nitrogens with one attached hydrogen (secondary N) is 2. The van der Waals surface area contributed by atoms with Crippen molar-refractivity contribution in [1.82, 2.24) is 14.3 Å². The van der Waals surface area contributed by atoms with Gasteiger partial charge in [0.05, 0.1) is 23.3 Å². The Hall–Kier alpha value is -3.17. The number of anilines is 1. The first-order chi connectivity index (χ1) is 16.7. The molecule has 2 aromatic carbocycles. The zero-order valence-electron chi connectivity index (χ0n) is 20.0. The van der Waals surface area contributed by atoms with Crippen molar-refractivity contribution in [2.45, 2.75) is 38.9 Å². The summed E-state index contributed by atoms with van der Waals surface area (Å²) in [5.74, 6) is -0.841. The lowest BCUT2D eigenvalue weighted by Crippen LogP contribution is -2.32. The molecule has 6 nitrogen and oxygen atoms in total. The monoisotopic (exact) mass is 510 g/mol. The van der Waals surface area contributed by atoms with Crippen LogP contribution in [0.3, 0.4) is 0 Å². The molecule has 0 fully saturated rings. The maximum Gasteiger partial charge on any atom is 0.253 e. The second kappa shape index (κ2) is 10.6. The minimum Gasteiger partial charge on any atom is -0.343 e. The number of hydrogen-bond donors (Lipinski definition) is 2. The number of hydrogen-bond acceptors (Lipinski definition) is 5. The van der Waals surface area contributed by atoms with E-state index in [1.807, 2.05) is 48.2 Å². The molecular weight excluding hydrogens is 483 g/mol. The molecule has 182 valence electrons. The Morgan fingerprint density at radius 2 is 1.91 bits per heavy atom. The highest BCUT2D eigenvalue weighted by atomic mass is 32.2.